The molecule has 0 unspecified atom stereocenters. The maximum absolute atomic E-state index is 14.7. The number of phenolic OH excluding ortho intramolecular Hbond substituents is 1. The predicted molar refractivity (Wildman–Crippen MR) is 126 cm³/mol. The Balaban J connectivity index is 1.85. The average molecular weight is 496 g/mol. The van der Waals surface area contributed by atoms with Crippen molar-refractivity contribution in [2.75, 3.05) is 19.5 Å². The standard InChI is InChI=1S/C23H21FN6O6/c1-28(11-13-4-5-15(8-18(13)24)27-16-10-26-29(2)12-16)23(33)17(9-25)21(31)14-6-19(30(34)35)22(32)20(7-14)36-3/h4-8,10,12,27,31-32H,11H2,1-3H3/b21-17-. The molecule has 13 heteroatoms. The van der Waals surface area contributed by atoms with E-state index in [1.54, 1.807) is 36.3 Å². The van der Waals surface area contributed by atoms with Crippen LogP contribution in [0.25, 0.3) is 5.76 Å². The Hall–Kier alpha value is -5.12. The molecular weight excluding hydrogens is 475 g/mol. The molecule has 0 radical (unpaired) electrons. The fraction of sp³-hybridized carbons (Fsp3) is 0.174. The van der Waals surface area contributed by atoms with Crippen LogP contribution < -0.4 is 10.1 Å². The Kier molecular flexibility index (Phi) is 7.39. The summed E-state index contributed by atoms with van der Waals surface area (Å²) in [5.41, 5.74) is -0.586. The third-order valence-corrected chi connectivity index (χ3v) is 5.11. The molecule has 0 aliphatic heterocycles. The molecule has 12 nitrogen and oxygen atoms in total. The van der Waals surface area contributed by atoms with Crippen LogP contribution in [0.3, 0.4) is 0 Å². The second kappa shape index (κ2) is 10.4. The largest absolute Gasteiger partial charge is 0.506 e. The molecule has 0 bridgehead atoms. The summed E-state index contributed by atoms with van der Waals surface area (Å²) in [5.74, 6) is -3.56. The number of amides is 1. The van der Waals surface area contributed by atoms with Gasteiger partial charge in [-0.1, -0.05) is 6.07 Å². The quantitative estimate of drug-likeness (QED) is 0.139. The van der Waals surface area contributed by atoms with E-state index in [1.807, 2.05) is 0 Å². The maximum atomic E-state index is 14.7. The fourth-order valence-corrected chi connectivity index (χ4v) is 3.29. The van der Waals surface area contributed by atoms with Crippen molar-refractivity contribution in [1.29, 1.82) is 5.26 Å². The zero-order chi connectivity index (χ0) is 26.6. The molecule has 0 saturated carbocycles. The van der Waals surface area contributed by atoms with Crippen LogP contribution in [0.4, 0.5) is 21.5 Å². The van der Waals surface area contributed by atoms with E-state index < -0.39 is 39.4 Å². The molecule has 0 spiro atoms. The number of nitro benzene ring substituents is 1. The second-order valence-corrected chi connectivity index (χ2v) is 7.63. The van der Waals surface area contributed by atoms with Gasteiger partial charge in [0.05, 0.1) is 23.9 Å². The number of aromatic nitrogens is 2. The second-order valence-electron chi connectivity index (χ2n) is 7.63. The number of carbonyl (C=O) groups is 1. The van der Waals surface area contributed by atoms with Crippen LogP contribution in [0.5, 0.6) is 11.5 Å². The summed E-state index contributed by atoms with van der Waals surface area (Å²) in [6.07, 6.45) is 3.28. The lowest BCUT2D eigenvalue weighted by molar-refractivity contribution is -0.386. The van der Waals surface area contributed by atoms with Crippen molar-refractivity contribution in [3.05, 3.63) is 75.4 Å². The molecule has 0 atom stereocenters. The number of aliphatic hydroxyl groups is 1. The number of anilines is 2. The minimum Gasteiger partial charge on any atom is -0.506 e. The van der Waals surface area contributed by atoms with Crippen LogP contribution in [0, 0.1) is 27.3 Å². The van der Waals surface area contributed by atoms with Crippen molar-refractivity contribution in [1.82, 2.24) is 14.7 Å². The van der Waals surface area contributed by atoms with E-state index in [2.05, 4.69) is 10.4 Å². The van der Waals surface area contributed by atoms with Crippen molar-refractivity contribution in [3.8, 4) is 17.6 Å². The van der Waals surface area contributed by atoms with Gasteiger partial charge in [-0.25, -0.2) is 4.39 Å². The number of aromatic hydroxyl groups is 1. The zero-order valence-corrected chi connectivity index (χ0v) is 19.4. The summed E-state index contributed by atoms with van der Waals surface area (Å²) >= 11 is 0. The van der Waals surface area contributed by atoms with E-state index in [0.717, 1.165) is 24.1 Å². The monoisotopic (exact) mass is 496 g/mol. The van der Waals surface area contributed by atoms with Crippen molar-refractivity contribution >= 4 is 28.7 Å². The van der Waals surface area contributed by atoms with Crippen LogP contribution in [-0.2, 0) is 18.4 Å². The SMILES string of the molecule is COc1cc(/C(O)=C(\C#N)C(=O)N(C)Cc2ccc(Nc3cnn(C)c3)cc2F)cc([N+](=O)[O-])c1O. The third kappa shape index (κ3) is 5.33. The number of likely N-dealkylation sites (N-methyl/N-ethyl adjacent to an activating group) is 1. The predicted octanol–water partition coefficient (Wildman–Crippen LogP) is 3.38. The number of phenols is 1. The molecule has 0 aliphatic rings. The van der Waals surface area contributed by atoms with Crippen LogP contribution in [0.1, 0.15) is 11.1 Å². The van der Waals surface area contributed by atoms with Gasteiger partial charge in [0.2, 0.25) is 5.75 Å². The number of ether oxygens (including phenoxy) is 1. The van der Waals surface area contributed by atoms with Crippen LogP contribution in [-0.4, -0.2) is 49.9 Å². The number of halogens is 1. The van der Waals surface area contributed by atoms with Gasteiger partial charge in [-0.15, -0.1) is 0 Å². The molecule has 1 amide bonds. The topological polar surface area (TPSA) is 167 Å². The smallest absolute Gasteiger partial charge is 0.315 e. The molecule has 3 N–H and O–H groups in total. The number of aliphatic hydroxyl groups excluding tert-OH is 1. The van der Waals surface area contributed by atoms with E-state index in [1.165, 1.54) is 19.2 Å². The lowest BCUT2D eigenvalue weighted by atomic mass is 10.1. The van der Waals surface area contributed by atoms with Gasteiger partial charge >= 0.3 is 5.69 Å². The Morgan fingerprint density at radius 3 is 2.64 bits per heavy atom. The Morgan fingerprint density at radius 1 is 1.36 bits per heavy atom. The summed E-state index contributed by atoms with van der Waals surface area (Å²) in [6.45, 7) is -0.241. The van der Waals surface area contributed by atoms with E-state index in [4.69, 9.17) is 4.74 Å². The molecule has 0 aliphatic carbocycles. The number of benzene rings is 2. The zero-order valence-electron chi connectivity index (χ0n) is 19.4. The molecule has 0 saturated heterocycles. The van der Waals surface area contributed by atoms with Gasteiger partial charge in [0.1, 0.15) is 17.6 Å². The molecule has 1 heterocycles. The number of hydrogen-bond donors (Lipinski definition) is 3. The molecule has 1 aromatic heterocycles. The first-order valence-electron chi connectivity index (χ1n) is 10.2. The Bertz CT molecular complexity index is 1410. The number of methoxy groups -OCH3 is 1. The number of carbonyl (C=O) groups excluding carboxylic acids is 1. The lowest BCUT2D eigenvalue weighted by Crippen LogP contribution is -2.28. The van der Waals surface area contributed by atoms with Crippen molar-refractivity contribution in [2.24, 2.45) is 7.05 Å². The summed E-state index contributed by atoms with van der Waals surface area (Å²) in [5, 5.41) is 48.2. The van der Waals surface area contributed by atoms with Crippen molar-refractivity contribution in [2.45, 2.75) is 6.54 Å². The fourth-order valence-electron chi connectivity index (χ4n) is 3.29. The minimum absolute atomic E-state index is 0.140. The molecule has 2 aromatic carbocycles. The summed E-state index contributed by atoms with van der Waals surface area (Å²) in [6, 6.07) is 7.71. The van der Waals surface area contributed by atoms with Gasteiger partial charge in [-0.2, -0.15) is 10.4 Å². The van der Waals surface area contributed by atoms with Gasteiger partial charge in [0.25, 0.3) is 5.91 Å². The Labute approximate surface area is 204 Å². The summed E-state index contributed by atoms with van der Waals surface area (Å²) in [7, 11) is 4.18. The van der Waals surface area contributed by atoms with Gasteiger partial charge in [-0.05, 0) is 18.2 Å². The number of rotatable bonds is 8. The molecular formula is C23H21FN6O6. The first kappa shape index (κ1) is 25.5. The van der Waals surface area contributed by atoms with Crippen LogP contribution in [0.2, 0.25) is 0 Å². The number of nitro groups is 1. The molecule has 0 fully saturated rings. The normalized spacial score (nSPS) is 11.3. The van der Waals surface area contributed by atoms with Gasteiger partial charge < -0.3 is 25.2 Å². The van der Waals surface area contributed by atoms with E-state index >= 15 is 0 Å². The summed E-state index contributed by atoms with van der Waals surface area (Å²) in [4.78, 5) is 24.2. The van der Waals surface area contributed by atoms with Gasteiger partial charge in [0.15, 0.2) is 11.3 Å². The molecule has 36 heavy (non-hydrogen) atoms. The molecule has 3 rings (SSSR count). The van der Waals surface area contributed by atoms with Crippen LogP contribution >= 0.6 is 0 Å². The maximum Gasteiger partial charge on any atom is 0.315 e. The minimum atomic E-state index is -0.957. The number of hydrogen-bond acceptors (Lipinski definition) is 9. The average Bonchev–Trinajstić information content (AvgIpc) is 3.25. The van der Waals surface area contributed by atoms with E-state index in [9.17, 15) is 34.8 Å². The Morgan fingerprint density at radius 2 is 2.08 bits per heavy atom. The third-order valence-electron chi connectivity index (χ3n) is 5.11. The molecule has 3 aromatic rings. The van der Waals surface area contributed by atoms with Crippen molar-refractivity contribution < 1.29 is 29.1 Å². The summed E-state index contributed by atoms with van der Waals surface area (Å²) < 4.78 is 21.2. The highest BCUT2D eigenvalue weighted by atomic mass is 19.1. The number of nitrogens with zero attached hydrogens (tertiary/aromatic N) is 5. The van der Waals surface area contributed by atoms with Crippen LogP contribution in [0.15, 0.2) is 48.3 Å². The highest BCUT2D eigenvalue weighted by molar-refractivity contribution is 6.03. The first-order chi connectivity index (χ1) is 17.0. The number of nitrogens with one attached hydrogen (secondary N) is 1. The van der Waals surface area contributed by atoms with Gasteiger partial charge in [0, 0.05) is 49.7 Å². The first-order valence-corrected chi connectivity index (χ1v) is 10.2. The highest BCUT2D eigenvalue weighted by Gasteiger charge is 2.26. The number of nitriles is 1. The number of aryl methyl sites for hydroxylation is 1. The molecule has 186 valence electrons. The lowest BCUT2D eigenvalue weighted by Gasteiger charge is -2.18. The van der Waals surface area contributed by atoms with Gasteiger partial charge in [-0.3, -0.25) is 19.6 Å². The van der Waals surface area contributed by atoms with E-state index in [-0.39, 0.29) is 23.4 Å². The highest BCUT2D eigenvalue weighted by Crippen LogP contribution is 2.38. The van der Waals surface area contributed by atoms with E-state index in [0.29, 0.717) is 11.4 Å². The van der Waals surface area contributed by atoms with Crippen molar-refractivity contribution in [3.63, 3.8) is 0 Å².